The van der Waals surface area contributed by atoms with Crippen molar-refractivity contribution < 1.29 is 4.74 Å². The molecule has 0 saturated carbocycles. The smallest absolute Gasteiger partial charge is 0.164 e. The summed E-state index contributed by atoms with van der Waals surface area (Å²) < 4.78 is 6.33. The van der Waals surface area contributed by atoms with E-state index in [0.717, 1.165) is 50.4 Å². The summed E-state index contributed by atoms with van der Waals surface area (Å²) in [7, 11) is 0. The molecule has 1 aromatic heterocycles. The number of benzene rings is 6. The molecule has 4 heteroatoms. The van der Waals surface area contributed by atoms with Crippen molar-refractivity contribution in [2.24, 2.45) is 0 Å². The van der Waals surface area contributed by atoms with Crippen LogP contribution in [0.25, 0.3) is 56.4 Å². The van der Waals surface area contributed by atoms with Crippen molar-refractivity contribution in [1.29, 1.82) is 0 Å². The molecule has 0 aliphatic carbocycles. The Hall–Kier alpha value is -5.87. The average Bonchev–Trinajstić information content (AvgIpc) is 3.12. The maximum absolute atomic E-state index is 6.33. The molecule has 0 fully saturated rings. The first-order chi connectivity index (χ1) is 22.5. The number of aromatic nitrogens is 3. The van der Waals surface area contributed by atoms with Crippen LogP contribution >= 0.6 is 0 Å². The Morgan fingerprint density at radius 2 is 0.761 bits per heavy atom. The van der Waals surface area contributed by atoms with Gasteiger partial charge in [-0.3, -0.25) is 0 Å². The highest BCUT2D eigenvalue weighted by molar-refractivity contribution is 5.73. The maximum Gasteiger partial charge on any atom is 0.164 e. The van der Waals surface area contributed by atoms with Gasteiger partial charge in [0.2, 0.25) is 0 Å². The van der Waals surface area contributed by atoms with Gasteiger partial charge in [-0.05, 0) is 46.5 Å². The lowest BCUT2D eigenvalue weighted by Gasteiger charge is -2.34. The van der Waals surface area contributed by atoms with Crippen molar-refractivity contribution in [1.82, 2.24) is 15.0 Å². The fourth-order valence-electron chi connectivity index (χ4n) is 6.23. The van der Waals surface area contributed by atoms with Gasteiger partial charge in [0.1, 0.15) is 11.5 Å². The fraction of sp³-hybridized carbons (Fsp3) is 0.0714. The van der Waals surface area contributed by atoms with Crippen LogP contribution in [0.2, 0.25) is 0 Å². The van der Waals surface area contributed by atoms with Crippen molar-refractivity contribution in [2.75, 3.05) is 0 Å². The van der Waals surface area contributed by atoms with Crippen LogP contribution in [-0.4, -0.2) is 15.0 Å². The fourth-order valence-corrected chi connectivity index (χ4v) is 6.23. The van der Waals surface area contributed by atoms with Crippen LogP contribution in [-0.2, 0) is 5.41 Å². The molecule has 7 aromatic rings. The molecule has 0 unspecified atom stereocenters. The van der Waals surface area contributed by atoms with Gasteiger partial charge in [-0.15, -0.1) is 0 Å². The van der Waals surface area contributed by atoms with Gasteiger partial charge in [0.15, 0.2) is 17.5 Å². The minimum atomic E-state index is -0.251. The third-order valence-corrected chi connectivity index (χ3v) is 8.83. The predicted octanol–water partition coefficient (Wildman–Crippen LogP) is 10.6. The summed E-state index contributed by atoms with van der Waals surface area (Å²) in [6.45, 7) is 4.48. The van der Waals surface area contributed by atoms with E-state index in [1.54, 1.807) is 0 Å². The lowest BCUT2D eigenvalue weighted by molar-refractivity contribution is 0.418. The zero-order chi connectivity index (χ0) is 31.1. The Morgan fingerprint density at radius 1 is 0.370 bits per heavy atom. The molecule has 2 heterocycles. The van der Waals surface area contributed by atoms with E-state index in [0.29, 0.717) is 17.5 Å². The summed E-state index contributed by atoms with van der Waals surface area (Å²) in [5.41, 5.74) is 9.43. The largest absolute Gasteiger partial charge is 0.457 e. The molecule has 220 valence electrons. The number of ether oxygens (including phenoxy) is 1. The van der Waals surface area contributed by atoms with Crippen LogP contribution in [0.15, 0.2) is 152 Å². The van der Waals surface area contributed by atoms with Crippen LogP contribution in [0.5, 0.6) is 11.5 Å². The Bertz CT molecular complexity index is 2070. The Kier molecular flexibility index (Phi) is 6.76. The molecule has 0 bridgehead atoms. The van der Waals surface area contributed by atoms with E-state index in [4.69, 9.17) is 19.7 Å². The molecule has 1 aliphatic rings. The normalized spacial score (nSPS) is 12.9. The number of rotatable bonds is 5. The number of nitrogens with zero attached hydrogens (tertiary/aromatic N) is 3. The molecule has 0 amide bonds. The second-order valence-electron chi connectivity index (χ2n) is 12.1. The van der Waals surface area contributed by atoms with Gasteiger partial charge in [0.05, 0.1) is 0 Å². The molecule has 1 aliphatic heterocycles. The zero-order valence-corrected chi connectivity index (χ0v) is 25.7. The van der Waals surface area contributed by atoms with Crippen LogP contribution < -0.4 is 4.74 Å². The first-order valence-corrected chi connectivity index (χ1v) is 15.5. The maximum atomic E-state index is 6.33. The van der Waals surface area contributed by atoms with Crippen molar-refractivity contribution in [2.45, 2.75) is 19.3 Å². The molecular weight excluding hydrogens is 562 g/mol. The summed E-state index contributed by atoms with van der Waals surface area (Å²) in [5.74, 6) is 3.64. The minimum absolute atomic E-state index is 0.251. The summed E-state index contributed by atoms with van der Waals surface area (Å²) in [6, 6.07) is 52.1. The van der Waals surface area contributed by atoms with E-state index < -0.39 is 0 Å². The highest BCUT2D eigenvalue weighted by atomic mass is 16.5. The Balaban J connectivity index is 1.23. The lowest BCUT2D eigenvalue weighted by atomic mass is 9.75. The van der Waals surface area contributed by atoms with Crippen LogP contribution in [0.1, 0.15) is 25.0 Å². The van der Waals surface area contributed by atoms with Gasteiger partial charge in [-0.2, -0.15) is 0 Å². The minimum Gasteiger partial charge on any atom is -0.457 e. The zero-order valence-electron chi connectivity index (χ0n) is 25.7. The highest BCUT2D eigenvalue weighted by Crippen LogP contribution is 2.48. The van der Waals surface area contributed by atoms with Crippen molar-refractivity contribution in [3.05, 3.63) is 163 Å². The van der Waals surface area contributed by atoms with Gasteiger partial charge in [0, 0.05) is 33.2 Å². The van der Waals surface area contributed by atoms with Crippen molar-refractivity contribution in [3.8, 4) is 67.9 Å². The molecule has 0 spiro atoms. The van der Waals surface area contributed by atoms with E-state index >= 15 is 0 Å². The molecule has 8 rings (SSSR count). The monoisotopic (exact) mass is 593 g/mol. The number of fused-ring (bicyclic) bond motifs is 2. The van der Waals surface area contributed by atoms with E-state index in [1.807, 2.05) is 36.4 Å². The quantitative estimate of drug-likeness (QED) is 0.199. The number of para-hydroxylation sites is 1. The Morgan fingerprint density at radius 3 is 1.30 bits per heavy atom. The standard InChI is InChI=1S/C42H31N3O/c1-42(2)35-15-9-10-16-37(35)46-38-26-25-34(27-36(38)42)41-44-39(32-21-17-30(18-22-32)28-11-5-3-6-12-28)43-40(45-41)33-23-19-31(20-24-33)29-13-7-4-8-14-29/h3-27H,1-2H3. The summed E-state index contributed by atoms with van der Waals surface area (Å²) >= 11 is 0. The molecular formula is C42H31N3O. The van der Waals surface area contributed by atoms with Crippen LogP contribution in [0, 0.1) is 0 Å². The second-order valence-corrected chi connectivity index (χ2v) is 12.1. The van der Waals surface area contributed by atoms with Crippen LogP contribution in [0.3, 0.4) is 0 Å². The van der Waals surface area contributed by atoms with Gasteiger partial charge in [-0.1, -0.05) is 141 Å². The van der Waals surface area contributed by atoms with Gasteiger partial charge in [0.25, 0.3) is 0 Å². The average molecular weight is 594 g/mol. The summed E-state index contributed by atoms with van der Waals surface area (Å²) in [4.78, 5) is 15.1. The molecule has 46 heavy (non-hydrogen) atoms. The summed E-state index contributed by atoms with van der Waals surface area (Å²) in [6.07, 6.45) is 0. The van der Waals surface area contributed by atoms with E-state index in [1.165, 1.54) is 11.1 Å². The van der Waals surface area contributed by atoms with E-state index in [2.05, 4.69) is 129 Å². The highest BCUT2D eigenvalue weighted by Gasteiger charge is 2.34. The molecule has 0 saturated heterocycles. The van der Waals surface area contributed by atoms with E-state index in [-0.39, 0.29) is 5.41 Å². The molecule has 6 aromatic carbocycles. The molecule has 4 nitrogen and oxygen atoms in total. The first-order valence-electron chi connectivity index (χ1n) is 15.5. The molecule has 0 radical (unpaired) electrons. The SMILES string of the molecule is CC1(C)c2ccccc2Oc2ccc(-c3nc(-c4ccc(-c5ccccc5)cc4)nc(-c4ccc(-c5ccccc5)cc4)n3)cc21. The third-order valence-electron chi connectivity index (χ3n) is 8.83. The molecule has 0 atom stereocenters. The predicted molar refractivity (Wildman–Crippen MR) is 186 cm³/mol. The van der Waals surface area contributed by atoms with Crippen LogP contribution in [0.4, 0.5) is 0 Å². The second kappa shape index (κ2) is 11.2. The van der Waals surface area contributed by atoms with Gasteiger partial charge < -0.3 is 4.74 Å². The number of hydrogen-bond donors (Lipinski definition) is 0. The van der Waals surface area contributed by atoms with Gasteiger partial charge >= 0.3 is 0 Å². The lowest BCUT2D eigenvalue weighted by Crippen LogP contribution is -2.24. The molecule has 0 N–H and O–H groups in total. The first kappa shape index (κ1) is 27.7. The van der Waals surface area contributed by atoms with E-state index in [9.17, 15) is 0 Å². The van der Waals surface area contributed by atoms with Crippen molar-refractivity contribution in [3.63, 3.8) is 0 Å². The van der Waals surface area contributed by atoms with Crippen molar-refractivity contribution >= 4 is 0 Å². The Labute approximate surface area is 269 Å². The summed E-state index contributed by atoms with van der Waals surface area (Å²) in [5, 5.41) is 0. The third kappa shape index (κ3) is 5.04. The van der Waals surface area contributed by atoms with Gasteiger partial charge in [-0.25, -0.2) is 15.0 Å². The topological polar surface area (TPSA) is 47.9 Å². The number of hydrogen-bond acceptors (Lipinski definition) is 4.